The van der Waals surface area contributed by atoms with Gasteiger partial charge in [-0.15, -0.1) is 0 Å². The predicted octanol–water partition coefficient (Wildman–Crippen LogP) is 3.97. The molecule has 1 unspecified atom stereocenters. The molecule has 0 saturated carbocycles. The number of benzene rings is 2. The molecule has 1 heterocycles. The van der Waals surface area contributed by atoms with E-state index in [1.807, 2.05) is 37.3 Å². The lowest BCUT2D eigenvalue weighted by molar-refractivity contribution is 0.317. The molecule has 3 aromatic rings. The summed E-state index contributed by atoms with van der Waals surface area (Å²) in [6.07, 6.45) is 2.12. The van der Waals surface area contributed by atoms with Gasteiger partial charge < -0.3 is 9.77 Å². The first-order valence-corrected chi connectivity index (χ1v) is 8.97. The summed E-state index contributed by atoms with van der Waals surface area (Å²) >= 11 is 0. The van der Waals surface area contributed by atoms with Gasteiger partial charge in [-0.25, -0.2) is 0 Å². The number of pyridine rings is 1. The fraction of sp³-hybridized carbons (Fsp3) is 0.174. The van der Waals surface area contributed by atoms with Gasteiger partial charge in [-0.1, -0.05) is 41.6 Å². The van der Waals surface area contributed by atoms with Crippen molar-refractivity contribution >= 4 is 5.71 Å². The first kappa shape index (κ1) is 19.1. The highest BCUT2D eigenvalue weighted by Gasteiger charge is 2.20. The average molecular weight is 371 g/mol. The van der Waals surface area contributed by atoms with Crippen LogP contribution in [0.2, 0.25) is 0 Å². The highest BCUT2D eigenvalue weighted by molar-refractivity contribution is 6.00. The predicted molar refractivity (Wildman–Crippen MR) is 109 cm³/mol. The van der Waals surface area contributed by atoms with Crippen LogP contribution in [0.15, 0.2) is 76.8 Å². The van der Waals surface area contributed by atoms with Crippen molar-refractivity contribution in [2.75, 3.05) is 0 Å². The zero-order valence-corrected chi connectivity index (χ0v) is 15.8. The maximum absolute atomic E-state index is 11.7. The molecule has 0 saturated heterocycles. The lowest BCUT2D eigenvalue weighted by Gasteiger charge is -2.21. The molecular formula is C23H21N3O2. The monoisotopic (exact) mass is 371 g/mol. The topological polar surface area (TPSA) is 78.4 Å². The summed E-state index contributed by atoms with van der Waals surface area (Å²) in [6.45, 7) is 2.05. The normalized spacial score (nSPS) is 12.4. The van der Waals surface area contributed by atoms with Crippen LogP contribution >= 0.6 is 0 Å². The van der Waals surface area contributed by atoms with E-state index in [0.29, 0.717) is 23.3 Å². The summed E-state index contributed by atoms with van der Waals surface area (Å²) in [5.74, 6) is -0.0583. The van der Waals surface area contributed by atoms with Crippen LogP contribution in [0, 0.1) is 18.3 Å². The van der Waals surface area contributed by atoms with Gasteiger partial charge in [0.25, 0.3) is 0 Å². The smallest absolute Gasteiger partial charge is 0.250 e. The van der Waals surface area contributed by atoms with E-state index in [1.54, 1.807) is 31.4 Å². The Morgan fingerprint density at radius 1 is 1.14 bits per heavy atom. The molecule has 0 radical (unpaired) electrons. The number of hydrogen-bond acceptors (Lipinski definition) is 4. The van der Waals surface area contributed by atoms with E-state index in [9.17, 15) is 10.0 Å². The molecule has 1 atom stereocenters. The molecule has 0 aliphatic rings. The molecule has 1 N–H and O–H groups in total. The second-order valence-electron chi connectivity index (χ2n) is 6.76. The van der Waals surface area contributed by atoms with Crippen molar-refractivity contribution in [2.24, 2.45) is 12.2 Å². The summed E-state index contributed by atoms with van der Waals surface area (Å²) in [5.41, 5.74) is 4.95. The van der Waals surface area contributed by atoms with Crippen LogP contribution in [0.3, 0.4) is 0 Å². The Hall–Kier alpha value is -3.65. The van der Waals surface area contributed by atoms with Crippen molar-refractivity contribution in [3.63, 3.8) is 0 Å². The summed E-state index contributed by atoms with van der Waals surface area (Å²) in [4.78, 5) is 11.7. The Labute approximate surface area is 163 Å². The molecular weight excluding hydrogens is 350 g/mol. The first-order chi connectivity index (χ1) is 13.5. The Morgan fingerprint density at radius 2 is 1.86 bits per heavy atom. The quantitative estimate of drug-likeness (QED) is 0.419. The standard InChI is InChI=1S/C23H21N3O2/c1-16-5-3-4-6-20(16)21(18-9-7-17(14-24)8-10-18)13-22(25-28)19-11-12-23(27)26(2)15-19/h3-12,15,21,28H,13H2,1-2H3/b25-22-. The van der Waals surface area contributed by atoms with Crippen LogP contribution in [-0.4, -0.2) is 15.5 Å². The van der Waals surface area contributed by atoms with Crippen LogP contribution in [0.1, 0.15) is 40.2 Å². The van der Waals surface area contributed by atoms with E-state index < -0.39 is 0 Å². The molecule has 3 rings (SSSR count). The van der Waals surface area contributed by atoms with Gasteiger partial charge in [0.05, 0.1) is 17.3 Å². The van der Waals surface area contributed by atoms with Gasteiger partial charge in [-0.05, 0) is 41.8 Å². The van der Waals surface area contributed by atoms with Crippen molar-refractivity contribution in [1.82, 2.24) is 4.57 Å². The maximum Gasteiger partial charge on any atom is 0.250 e. The molecule has 1 aromatic heterocycles. The number of aryl methyl sites for hydroxylation is 2. The zero-order chi connectivity index (χ0) is 20.1. The molecule has 0 aliphatic carbocycles. The lowest BCUT2D eigenvalue weighted by atomic mass is 9.83. The van der Waals surface area contributed by atoms with Crippen LogP contribution in [0.5, 0.6) is 0 Å². The molecule has 140 valence electrons. The third-order valence-corrected chi connectivity index (χ3v) is 4.94. The number of oxime groups is 1. The molecule has 5 nitrogen and oxygen atoms in total. The average Bonchev–Trinajstić information content (AvgIpc) is 2.72. The molecule has 0 bridgehead atoms. The van der Waals surface area contributed by atoms with Gasteiger partial charge in [0.15, 0.2) is 0 Å². The highest BCUT2D eigenvalue weighted by atomic mass is 16.4. The first-order valence-electron chi connectivity index (χ1n) is 8.97. The maximum atomic E-state index is 11.7. The van der Waals surface area contributed by atoms with Gasteiger partial charge in [-0.3, -0.25) is 4.79 Å². The minimum absolute atomic E-state index is 0.0583. The molecule has 0 fully saturated rings. The number of nitriles is 1. The molecule has 2 aromatic carbocycles. The van der Waals surface area contributed by atoms with Crippen molar-refractivity contribution in [3.8, 4) is 6.07 Å². The largest absolute Gasteiger partial charge is 0.411 e. The van der Waals surface area contributed by atoms with Crippen LogP contribution < -0.4 is 5.56 Å². The summed E-state index contributed by atoms with van der Waals surface area (Å²) < 4.78 is 1.46. The summed E-state index contributed by atoms with van der Waals surface area (Å²) in [7, 11) is 1.67. The Balaban J connectivity index is 2.05. The van der Waals surface area contributed by atoms with Crippen molar-refractivity contribution in [1.29, 1.82) is 5.26 Å². The van der Waals surface area contributed by atoms with Gasteiger partial charge in [0.1, 0.15) is 0 Å². The van der Waals surface area contributed by atoms with E-state index >= 15 is 0 Å². The van der Waals surface area contributed by atoms with Crippen LogP contribution in [0.25, 0.3) is 0 Å². The Kier molecular flexibility index (Phi) is 5.71. The molecule has 28 heavy (non-hydrogen) atoms. The van der Waals surface area contributed by atoms with Crippen molar-refractivity contribution < 1.29 is 5.21 Å². The third kappa shape index (κ3) is 4.02. The molecule has 0 amide bonds. The van der Waals surface area contributed by atoms with E-state index in [0.717, 1.165) is 16.7 Å². The van der Waals surface area contributed by atoms with Crippen molar-refractivity contribution in [3.05, 3.63) is 105 Å². The molecule has 0 aliphatic heterocycles. The minimum Gasteiger partial charge on any atom is -0.411 e. The van der Waals surface area contributed by atoms with E-state index in [1.165, 1.54) is 10.6 Å². The van der Waals surface area contributed by atoms with Gasteiger partial charge in [0, 0.05) is 37.2 Å². The SMILES string of the molecule is Cc1ccccc1C(C/C(=N/O)c1ccc(=O)n(C)c1)c1ccc(C#N)cc1. The fourth-order valence-electron chi connectivity index (χ4n) is 3.35. The number of rotatable bonds is 5. The third-order valence-electron chi connectivity index (χ3n) is 4.94. The Morgan fingerprint density at radius 3 is 2.46 bits per heavy atom. The van der Waals surface area contributed by atoms with Gasteiger partial charge in [-0.2, -0.15) is 5.26 Å². The number of hydrogen-bond donors (Lipinski definition) is 1. The summed E-state index contributed by atoms with van der Waals surface area (Å²) in [5, 5.41) is 22.3. The Bertz CT molecular complexity index is 1110. The van der Waals surface area contributed by atoms with Gasteiger partial charge >= 0.3 is 0 Å². The number of nitrogens with zero attached hydrogens (tertiary/aromatic N) is 3. The van der Waals surface area contributed by atoms with Gasteiger partial charge in [0.2, 0.25) is 5.56 Å². The molecule has 5 heteroatoms. The minimum atomic E-state index is -0.122. The van der Waals surface area contributed by atoms with Crippen LogP contribution in [-0.2, 0) is 7.05 Å². The second-order valence-corrected chi connectivity index (χ2v) is 6.76. The zero-order valence-electron chi connectivity index (χ0n) is 15.8. The highest BCUT2D eigenvalue weighted by Crippen LogP contribution is 2.32. The summed E-state index contributed by atoms with van der Waals surface area (Å²) in [6, 6.07) is 20.8. The molecule has 0 spiro atoms. The lowest BCUT2D eigenvalue weighted by Crippen LogP contribution is -2.18. The van der Waals surface area contributed by atoms with Crippen molar-refractivity contribution in [2.45, 2.75) is 19.3 Å². The van der Waals surface area contributed by atoms with E-state index in [4.69, 9.17) is 5.26 Å². The van der Waals surface area contributed by atoms with Crippen LogP contribution in [0.4, 0.5) is 0 Å². The number of aromatic nitrogens is 1. The van der Waals surface area contributed by atoms with E-state index in [-0.39, 0.29) is 11.5 Å². The fourth-order valence-corrected chi connectivity index (χ4v) is 3.35. The second kappa shape index (κ2) is 8.36. The van der Waals surface area contributed by atoms with E-state index in [2.05, 4.69) is 17.3 Å².